The summed E-state index contributed by atoms with van der Waals surface area (Å²) in [5, 5.41) is 18.1. The summed E-state index contributed by atoms with van der Waals surface area (Å²) in [6, 6.07) is 0. The fourth-order valence-corrected chi connectivity index (χ4v) is 2.60. The molecule has 0 saturated heterocycles. The number of esters is 1. The van der Waals surface area contributed by atoms with Gasteiger partial charge in [-0.2, -0.15) is 0 Å². The van der Waals surface area contributed by atoms with E-state index in [2.05, 4.69) is 0 Å². The molecule has 1 saturated carbocycles. The van der Waals surface area contributed by atoms with Crippen LogP contribution in [-0.2, 0) is 9.53 Å². The van der Waals surface area contributed by atoms with E-state index in [1.54, 1.807) is 0 Å². The van der Waals surface area contributed by atoms with Crippen molar-refractivity contribution in [2.24, 2.45) is 16.7 Å². The van der Waals surface area contributed by atoms with Gasteiger partial charge in [-0.1, -0.05) is 20.8 Å². The fourth-order valence-electron chi connectivity index (χ4n) is 2.60. The molecular weight excluding hydrogens is 220 g/mol. The van der Waals surface area contributed by atoms with Gasteiger partial charge >= 0.3 is 5.97 Å². The van der Waals surface area contributed by atoms with E-state index in [0.717, 1.165) is 12.8 Å². The molecule has 0 aromatic rings. The van der Waals surface area contributed by atoms with Gasteiger partial charge in [-0.15, -0.1) is 0 Å². The minimum Gasteiger partial charge on any atom is -0.465 e. The van der Waals surface area contributed by atoms with E-state index >= 15 is 0 Å². The number of ether oxygens (including phenoxy) is 1. The Morgan fingerprint density at radius 1 is 1.35 bits per heavy atom. The van der Waals surface area contributed by atoms with Gasteiger partial charge in [0.1, 0.15) is 0 Å². The maximum Gasteiger partial charge on any atom is 0.309 e. The summed E-state index contributed by atoms with van der Waals surface area (Å²) < 4.78 is 5.16. The molecule has 0 heterocycles. The quantitative estimate of drug-likeness (QED) is 0.566. The molecule has 0 bridgehead atoms. The molecule has 2 atom stereocenters. The molecule has 0 amide bonds. The van der Waals surface area contributed by atoms with Crippen LogP contribution >= 0.6 is 0 Å². The molecule has 0 spiro atoms. The van der Waals surface area contributed by atoms with E-state index in [9.17, 15) is 9.90 Å². The standard InChI is InChI=1S/C13H24O4/c1-12(2)10(5-6-13(12,3)9-15)11(16)17-8-4-7-14/h10,14-15H,4-9H2,1-3H3. The van der Waals surface area contributed by atoms with Crippen LogP contribution in [0.3, 0.4) is 0 Å². The zero-order valence-electron chi connectivity index (χ0n) is 11.0. The third-order valence-corrected chi connectivity index (χ3v) is 4.59. The Morgan fingerprint density at radius 3 is 2.47 bits per heavy atom. The van der Waals surface area contributed by atoms with Crippen LogP contribution in [0.25, 0.3) is 0 Å². The van der Waals surface area contributed by atoms with Crippen LogP contribution in [0.1, 0.15) is 40.0 Å². The van der Waals surface area contributed by atoms with Gasteiger partial charge in [0.05, 0.1) is 12.5 Å². The van der Waals surface area contributed by atoms with Gasteiger partial charge in [-0.05, 0) is 23.7 Å². The average molecular weight is 244 g/mol. The van der Waals surface area contributed by atoms with Gasteiger partial charge in [-0.3, -0.25) is 4.79 Å². The van der Waals surface area contributed by atoms with Gasteiger partial charge < -0.3 is 14.9 Å². The number of aliphatic hydroxyl groups excluding tert-OH is 2. The minimum absolute atomic E-state index is 0.0374. The second-order valence-corrected chi connectivity index (χ2v) is 5.78. The van der Waals surface area contributed by atoms with Crippen molar-refractivity contribution in [2.75, 3.05) is 19.8 Å². The second-order valence-electron chi connectivity index (χ2n) is 5.78. The van der Waals surface area contributed by atoms with Gasteiger partial charge in [0.2, 0.25) is 0 Å². The summed E-state index contributed by atoms with van der Waals surface area (Å²) in [6.07, 6.45) is 2.09. The van der Waals surface area contributed by atoms with Crippen molar-refractivity contribution in [3.8, 4) is 0 Å². The van der Waals surface area contributed by atoms with Crippen molar-refractivity contribution in [2.45, 2.75) is 40.0 Å². The topological polar surface area (TPSA) is 66.8 Å². The number of carbonyl (C=O) groups is 1. The maximum absolute atomic E-state index is 12.0. The Labute approximate surface area is 103 Å². The molecule has 0 aliphatic heterocycles. The monoisotopic (exact) mass is 244 g/mol. The Balaban J connectivity index is 2.64. The zero-order chi connectivity index (χ0) is 13.1. The summed E-state index contributed by atoms with van der Waals surface area (Å²) in [5.41, 5.74) is -0.467. The molecule has 100 valence electrons. The van der Waals surface area contributed by atoms with Crippen LogP contribution in [0.5, 0.6) is 0 Å². The van der Waals surface area contributed by atoms with Crippen LogP contribution < -0.4 is 0 Å². The first-order valence-corrected chi connectivity index (χ1v) is 6.27. The molecule has 1 aliphatic carbocycles. The molecular formula is C13H24O4. The highest BCUT2D eigenvalue weighted by Crippen LogP contribution is 2.55. The first-order valence-electron chi connectivity index (χ1n) is 6.27. The van der Waals surface area contributed by atoms with Crippen molar-refractivity contribution >= 4 is 5.97 Å². The number of hydrogen-bond acceptors (Lipinski definition) is 4. The lowest BCUT2D eigenvalue weighted by atomic mass is 9.66. The lowest BCUT2D eigenvalue weighted by molar-refractivity contribution is -0.154. The average Bonchev–Trinajstić information content (AvgIpc) is 2.51. The largest absolute Gasteiger partial charge is 0.465 e. The third-order valence-electron chi connectivity index (χ3n) is 4.59. The molecule has 1 fully saturated rings. The SMILES string of the molecule is CC1(CO)CCC(C(=O)OCCCO)C1(C)C. The normalized spacial score (nSPS) is 31.5. The molecule has 1 aliphatic rings. The van der Waals surface area contributed by atoms with Gasteiger partial charge in [0.25, 0.3) is 0 Å². The number of carbonyl (C=O) groups excluding carboxylic acids is 1. The summed E-state index contributed by atoms with van der Waals surface area (Å²) in [7, 11) is 0. The molecule has 1 rings (SSSR count). The van der Waals surface area contributed by atoms with E-state index in [1.807, 2.05) is 20.8 Å². The molecule has 4 heteroatoms. The first kappa shape index (κ1) is 14.5. The molecule has 0 aromatic carbocycles. The van der Waals surface area contributed by atoms with Gasteiger partial charge in [0.15, 0.2) is 0 Å². The Hall–Kier alpha value is -0.610. The van der Waals surface area contributed by atoms with Crippen molar-refractivity contribution in [1.29, 1.82) is 0 Å². The van der Waals surface area contributed by atoms with Crippen LogP contribution in [-0.4, -0.2) is 36.0 Å². The highest BCUT2D eigenvalue weighted by molar-refractivity contribution is 5.74. The van der Waals surface area contributed by atoms with Gasteiger partial charge in [0, 0.05) is 19.6 Å². The third kappa shape index (κ3) is 2.63. The minimum atomic E-state index is -0.252. The van der Waals surface area contributed by atoms with Crippen LogP contribution in [0, 0.1) is 16.7 Å². The number of hydrogen-bond donors (Lipinski definition) is 2. The van der Waals surface area contributed by atoms with Crippen LogP contribution in [0.4, 0.5) is 0 Å². The zero-order valence-corrected chi connectivity index (χ0v) is 11.0. The van der Waals surface area contributed by atoms with Crippen molar-refractivity contribution in [3.63, 3.8) is 0 Å². The first-order chi connectivity index (χ1) is 7.89. The van der Waals surface area contributed by atoms with E-state index in [-0.39, 0.29) is 42.5 Å². The number of aliphatic hydroxyl groups is 2. The molecule has 4 nitrogen and oxygen atoms in total. The predicted molar refractivity (Wildman–Crippen MR) is 64.4 cm³/mol. The summed E-state index contributed by atoms with van der Waals surface area (Å²) >= 11 is 0. The van der Waals surface area contributed by atoms with Crippen molar-refractivity contribution in [1.82, 2.24) is 0 Å². The van der Waals surface area contributed by atoms with E-state index in [1.165, 1.54) is 0 Å². The second kappa shape index (κ2) is 5.36. The molecule has 0 radical (unpaired) electrons. The Morgan fingerprint density at radius 2 is 2.00 bits per heavy atom. The van der Waals surface area contributed by atoms with E-state index in [0.29, 0.717) is 6.42 Å². The highest BCUT2D eigenvalue weighted by atomic mass is 16.5. The van der Waals surface area contributed by atoms with E-state index in [4.69, 9.17) is 9.84 Å². The lowest BCUT2D eigenvalue weighted by Gasteiger charge is -2.39. The van der Waals surface area contributed by atoms with Crippen LogP contribution in [0.15, 0.2) is 0 Å². The Bertz CT molecular complexity index is 275. The highest BCUT2D eigenvalue weighted by Gasteiger charge is 2.54. The maximum atomic E-state index is 12.0. The summed E-state index contributed by atoms with van der Waals surface area (Å²) in [5.74, 6) is -0.348. The molecule has 17 heavy (non-hydrogen) atoms. The molecule has 2 N–H and O–H groups in total. The smallest absolute Gasteiger partial charge is 0.309 e. The van der Waals surface area contributed by atoms with Crippen LogP contribution in [0.2, 0.25) is 0 Å². The van der Waals surface area contributed by atoms with Gasteiger partial charge in [-0.25, -0.2) is 0 Å². The number of rotatable bonds is 5. The summed E-state index contributed by atoms with van der Waals surface area (Å²) in [6.45, 7) is 6.48. The van der Waals surface area contributed by atoms with Crippen molar-refractivity contribution in [3.05, 3.63) is 0 Å². The van der Waals surface area contributed by atoms with E-state index < -0.39 is 0 Å². The predicted octanol–water partition coefficient (Wildman–Crippen LogP) is 1.35. The summed E-state index contributed by atoms with van der Waals surface area (Å²) in [4.78, 5) is 12.0. The lowest BCUT2D eigenvalue weighted by Crippen LogP contribution is -2.40. The fraction of sp³-hybridized carbons (Fsp3) is 0.923. The molecule has 0 aromatic heterocycles. The van der Waals surface area contributed by atoms with Crippen molar-refractivity contribution < 1.29 is 19.7 Å². The Kier molecular flexibility index (Phi) is 4.55. The molecule has 2 unspecified atom stereocenters.